The lowest BCUT2D eigenvalue weighted by molar-refractivity contribution is -0.123. The van der Waals surface area contributed by atoms with E-state index < -0.39 is 53.1 Å². The molecular weight excluding hydrogens is 599 g/mol. The number of aromatic nitrogens is 1. The van der Waals surface area contributed by atoms with Gasteiger partial charge in [0, 0.05) is 17.9 Å². The van der Waals surface area contributed by atoms with Crippen LogP contribution in [0.1, 0.15) is 56.2 Å². The minimum atomic E-state index is -0.811. The first-order valence-corrected chi connectivity index (χ1v) is 14.4. The number of nitrogens with one attached hydrogen (secondary N) is 1. The van der Waals surface area contributed by atoms with Crippen LogP contribution in [0.4, 0.5) is 23.7 Å². The number of aldehydes is 1. The fourth-order valence-corrected chi connectivity index (χ4v) is 5.06. The average Bonchev–Trinajstić information content (AvgIpc) is 2.96. The van der Waals surface area contributed by atoms with Crippen LogP contribution in [0.3, 0.4) is 0 Å². The standard InChI is InChI=1S/C32H33ClF3N3O5/c1-32(2,3)44-31(42)39-16-23(43-18-22(39)17-40)8-9-24-28(36)14-37-15-29(24)38-30(41)13-25(19-5-4-6-21(34)11-19)20-7-10-26(33)27(35)12-20/h4-7,10-12,14-15,17,22-23,25H,8-9,13,16,18H2,1-3H3,(H,38,41). The summed E-state index contributed by atoms with van der Waals surface area (Å²) in [6, 6.07) is 8.94. The first kappa shape index (κ1) is 32.9. The maximum Gasteiger partial charge on any atom is 0.411 e. The van der Waals surface area contributed by atoms with Crippen molar-refractivity contribution in [2.45, 2.75) is 63.7 Å². The van der Waals surface area contributed by atoms with Crippen LogP contribution in [0.25, 0.3) is 0 Å². The maximum atomic E-state index is 15.0. The topological polar surface area (TPSA) is 97.8 Å². The Morgan fingerprint density at radius 2 is 1.89 bits per heavy atom. The van der Waals surface area contributed by atoms with Crippen LogP contribution < -0.4 is 5.32 Å². The molecule has 1 fully saturated rings. The van der Waals surface area contributed by atoms with Gasteiger partial charge in [-0.25, -0.2) is 18.0 Å². The number of pyridine rings is 1. The number of benzene rings is 2. The third-order valence-electron chi connectivity index (χ3n) is 7.07. The van der Waals surface area contributed by atoms with Crippen molar-refractivity contribution in [3.8, 4) is 0 Å². The van der Waals surface area contributed by atoms with E-state index in [-0.39, 0.29) is 48.7 Å². The van der Waals surface area contributed by atoms with E-state index in [1.165, 1.54) is 41.4 Å². The lowest BCUT2D eigenvalue weighted by Gasteiger charge is -2.38. The van der Waals surface area contributed by atoms with Gasteiger partial charge < -0.3 is 19.6 Å². The quantitative estimate of drug-likeness (QED) is 0.273. The van der Waals surface area contributed by atoms with Crippen molar-refractivity contribution in [2.24, 2.45) is 0 Å². The predicted molar refractivity (Wildman–Crippen MR) is 158 cm³/mol. The summed E-state index contributed by atoms with van der Waals surface area (Å²) in [5.41, 5.74) is 0.375. The molecule has 0 aliphatic carbocycles. The molecule has 2 aromatic carbocycles. The van der Waals surface area contributed by atoms with E-state index in [0.29, 0.717) is 17.4 Å². The van der Waals surface area contributed by atoms with Crippen molar-refractivity contribution in [3.63, 3.8) is 0 Å². The number of nitrogens with zero attached hydrogens (tertiary/aromatic N) is 2. The second-order valence-corrected chi connectivity index (χ2v) is 11.9. The van der Waals surface area contributed by atoms with E-state index in [2.05, 4.69) is 10.3 Å². The molecule has 4 rings (SSSR count). The zero-order valence-electron chi connectivity index (χ0n) is 24.5. The second kappa shape index (κ2) is 14.2. The Hall–Kier alpha value is -3.96. The van der Waals surface area contributed by atoms with E-state index in [1.54, 1.807) is 32.9 Å². The van der Waals surface area contributed by atoms with E-state index >= 15 is 0 Å². The minimum absolute atomic E-state index is 0.0391. The number of carbonyl (C=O) groups is 3. The number of halogens is 4. The average molecular weight is 632 g/mol. The molecule has 3 atom stereocenters. The van der Waals surface area contributed by atoms with Crippen molar-refractivity contribution in [2.75, 3.05) is 18.5 Å². The van der Waals surface area contributed by atoms with Crippen LogP contribution in [-0.2, 0) is 25.5 Å². The highest BCUT2D eigenvalue weighted by atomic mass is 35.5. The van der Waals surface area contributed by atoms with Gasteiger partial charge in [-0.1, -0.05) is 29.8 Å². The Balaban J connectivity index is 1.49. The summed E-state index contributed by atoms with van der Waals surface area (Å²) in [5, 5.41) is 2.60. The lowest BCUT2D eigenvalue weighted by atomic mass is 9.88. The number of anilines is 1. The third-order valence-corrected chi connectivity index (χ3v) is 7.38. The molecule has 234 valence electrons. The van der Waals surface area contributed by atoms with E-state index in [9.17, 15) is 27.6 Å². The van der Waals surface area contributed by atoms with Crippen LogP contribution in [0.15, 0.2) is 54.9 Å². The highest BCUT2D eigenvalue weighted by molar-refractivity contribution is 6.30. The molecule has 44 heavy (non-hydrogen) atoms. The SMILES string of the molecule is CC(C)(C)OC(=O)N1CC(CCc2c(F)cncc2NC(=O)CC(c2cccc(F)c2)c2ccc(Cl)c(F)c2)OCC1C=O. The van der Waals surface area contributed by atoms with Gasteiger partial charge in [-0.2, -0.15) is 0 Å². The zero-order valence-corrected chi connectivity index (χ0v) is 25.2. The zero-order chi connectivity index (χ0) is 32.0. The van der Waals surface area contributed by atoms with Gasteiger partial charge in [0.1, 0.15) is 35.4 Å². The number of hydrogen-bond acceptors (Lipinski definition) is 6. The largest absolute Gasteiger partial charge is 0.444 e. The fraction of sp³-hybridized carbons (Fsp3) is 0.375. The van der Waals surface area contributed by atoms with Crippen molar-refractivity contribution < 1.29 is 37.0 Å². The Morgan fingerprint density at radius 3 is 2.57 bits per heavy atom. The molecule has 1 N–H and O–H groups in total. The fourth-order valence-electron chi connectivity index (χ4n) is 4.95. The van der Waals surface area contributed by atoms with Crippen molar-refractivity contribution in [3.05, 3.63) is 94.0 Å². The minimum Gasteiger partial charge on any atom is -0.444 e. The molecule has 1 aliphatic rings. The number of hydrogen-bond donors (Lipinski definition) is 1. The smallest absolute Gasteiger partial charge is 0.411 e. The molecule has 0 spiro atoms. The summed E-state index contributed by atoms with van der Waals surface area (Å²) in [6.45, 7) is 5.17. The molecule has 2 amide bonds. The summed E-state index contributed by atoms with van der Waals surface area (Å²) >= 11 is 5.84. The molecule has 1 aromatic heterocycles. The maximum absolute atomic E-state index is 15.0. The van der Waals surface area contributed by atoms with Crippen LogP contribution in [0.2, 0.25) is 5.02 Å². The van der Waals surface area contributed by atoms with E-state index in [1.807, 2.05) is 0 Å². The normalized spacial score (nSPS) is 17.6. The van der Waals surface area contributed by atoms with Crippen LogP contribution >= 0.6 is 11.6 Å². The van der Waals surface area contributed by atoms with Gasteiger partial charge >= 0.3 is 6.09 Å². The van der Waals surface area contributed by atoms with Crippen LogP contribution in [-0.4, -0.2) is 59.1 Å². The van der Waals surface area contributed by atoms with Crippen molar-refractivity contribution >= 4 is 35.6 Å². The van der Waals surface area contributed by atoms with Crippen molar-refractivity contribution in [1.82, 2.24) is 9.88 Å². The second-order valence-electron chi connectivity index (χ2n) is 11.5. The first-order chi connectivity index (χ1) is 20.8. The number of ether oxygens (including phenoxy) is 2. The van der Waals surface area contributed by atoms with E-state index in [4.69, 9.17) is 21.1 Å². The molecule has 2 heterocycles. The van der Waals surface area contributed by atoms with Crippen molar-refractivity contribution in [1.29, 1.82) is 0 Å². The molecule has 8 nitrogen and oxygen atoms in total. The predicted octanol–water partition coefficient (Wildman–Crippen LogP) is 6.45. The molecular formula is C32H33ClF3N3O5. The third kappa shape index (κ3) is 8.57. The number of morpholine rings is 1. The number of carbonyl (C=O) groups excluding carboxylic acids is 3. The lowest BCUT2D eigenvalue weighted by Crippen LogP contribution is -2.54. The highest BCUT2D eigenvalue weighted by Crippen LogP contribution is 2.32. The highest BCUT2D eigenvalue weighted by Gasteiger charge is 2.35. The van der Waals surface area contributed by atoms with Gasteiger partial charge in [0.05, 0.1) is 42.4 Å². The Kier molecular flexibility index (Phi) is 10.6. The Morgan fingerprint density at radius 1 is 1.14 bits per heavy atom. The van der Waals surface area contributed by atoms with Gasteiger partial charge in [0.25, 0.3) is 0 Å². The molecule has 1 saturated heterocycles. The molecule has 12 heteroatoms. The molecule has 1 aliphatic heterocycles. The van der Waals surface area contributed by atoms with Crippen LogP contribution in [0, 0.1) is 17.5 Å². The number of amides is 2. The van der Waals surface area contributed by atoms with Gasteiger partial charge in [0.2, 0.25) is 5.91 Å². The monoisotopic (exact) mass is 631 g/mol. The summed E-state index contributed by atoms with van der Waals surface area (Å²) in [4.78, 5) is 42.7. The first-order valence-electron chi connectivity index (χ1n) is 14.0. The summed E-state index contributed by atoms with van der Waals surface area (Å²) in [7, 11) is 0. The molecule has 0 bridgehead atoms. The summed E-state index contributed by atoms with van der Waals surface area (Å²) in [6.07, 6.45) is 1.91. The molecule has 3 aromatic rings. The van der Waals surface area contributed by atoms with Gasteiger partial charge in [0.15, 0.2) is 0 Å². The molecule has 3 unspecified atom stereocenters. The molecule has 0 radical (unpaired) electrons. The van der Waals surface area contributed by atoms with Gasteiger partial charge in [-0.15, -0.1) is 0 Å². The summed E-state index contributed by atoms with van der Waals surface area (Å²) in [5.74, 6) is -3.13. The molecule has 0 saturated carbocycles. The number of rotatable bonds is 9. The Bertz CT molecular complexity index is 1520. The van der Waals surface area contributed by atoms with Gasteiger partial charge in [-0.05, 0) is 69.0 Å². The van der Waals surface area contributed by atoms with Gasteiger partial charge in [-0.3, -0.25) is 14.7 Å². The van der Waals surface area contributed by atoms with Crippen LogP contribution in [0.5, 0.6) is 0 Å². The Labute approximate surface area is 258 Å². The van der Waals surface area contributed by atoms with E-state index in [0.717, 1.165) is 6.20 Å². The summed E-state index contributed by atoms with van der Waals surface area (Å²) < 4.78 is 54.6.